The molecule has 7 heteroatoms. The van der Waals surface area contributed by atoms with Crippen molar-refractivity contribution < 1.29 is 47.2 Å². The molecule has 0 aromatic heterocycles. The Hall–Kier alpha value is -1.14. The second-order valence-corrected chi connectivity index (χ2v) is 4.22. The predicted octanol–water partition coefficient (Wildman–Crippen LogP) is 1.68. The second-order valence-electron chi connectivity index (χ2n) is 4.22. The van der Waals surface area contributed by atoms with Gasteiger partial charge in [0.05, 0.1) is 4.92 Å². The summed E-state index contributed by atoms with van der Waals surface area (Å²) in [5, 5.41) is 14.1. The van der Waals surface area contributed by atoms with Crippen molar-refractivity contribution in [1.82, 2.24) is 0 Å². The minimum Gasteiger partial charge on any atom is -0.657 e. The number of nitro groups is 1. The summed E-state index contributed by atoms with van der Waals surface area (Å²) in [5.74, 6) is -1.11. The van der Waals surface area contributed by atoms with E-state index in [9.17, 15) is 19.7 Å². The van der Waals surface area contributed by atoms with Crippen LogP contribution >= 0.6 is 0 Å². The molecule has 6 nitrogen and oxygen atoms in total. The number of ketones is 1. The Morgan fingerprint density at radius 3 is 2.68 bits per heavy atom. The normalized spacial score (nSPS) is 20.4. The van der Waals surface area contributed by atoms with Gasteiger partial charge < -0.3 is 17.0 Å². The average molecular weight is 335 g/mol. The number of Topliss-reactive ketones (excluding diaryl/α,β-unsaturated/α-hetero) is 1. The summed E-state index contributed by atoms with van der Waals surface area (Å²) in [7, 11) is 1.30. The van der Waals surface area contributed by atoms with E-state index >= 15 is 0 Å². The maximum Gasteiger partial charge on any atom is 0.270 e. The predicted molar refractivity (Wildman–Crippen MR) is 63.2 cm³/mol. The minimum absolute atomic E-state index is 0. The van der Waals surface area contributed by atoms with E-state index in [0.717, 1.165) is 0 Å². The van der Waals surface area contributed by atoms with Gasteiger partial charge in [-0.05, 0) is 17.4 Å². The molecular formula is C12H10N2O4Y-2. The van der Waals surface area contributed by atoms with Crippen LogP contribution in [0.1, 0.15) is 15.9 Å². The van der Waals surface area contributed by atoms with Crippen LogP contribution in [0.3, 0.4) is 0 Å². The number of carbonyl (C=O) groups excluding carboxylic acids is 2. The number of hydrogen-bond donors (Lipinski definition) is 0. The van der Waals surface area contributed by atoms with Crippen LogP contribution in [0.2, 0.25) is 0 Å². The zero-order valence-electron chi connectivity index (χ0n) is 10.3. The van der Waals surface area contributed by atoms with Crippen LogP contribution < -0.4 is 0 Å². The number of amides is 1. The molecule has 0 spiro atoms. The summed E-state index contributed by atoms with van der Waals surface area (Å²) < 4.78 is 0. The summed E-state index contributed by atoms with van der Waals surface area (Å²) in [6.07, 6.45) is 0.134. The van der Waals surface area contributed by atoms with E-state index in [4.69, 9.17) is 0 Å². The molecule has 2 rings (SSSR count). The van der Waals surface area contributed by atoms with Crippen molar-refractivity contribution >= 4 is 17.4 Å². The third-order valence-electron chi connectivity index (χ3n) is 3.09. The number of benzene rings is 1. The fourth-order valence-electron chi connectivity index (χ4n) is 2.09. The van der Waals surface area contributed by atoms with Gasteiger partial charge >= 0.3 is 0 Å². The van der Waals surface area contributed by atoms with E-state index < -0.39 is 22.0 Å². The smallest absolute Gasteiger partial charge is 0.270 e. The molecular weight excluding hydrogens is 325 g/mol. The minimum atomic E-state index is -1.47. The largest absolute Gasteiger partial charge is 0.657 e. The molecule has 1 atom stereocenters. The number of fused-ring (bicyclic) bond motifs is 1. The first-order valence-electron chi connectivity index (χ1n) is 5.22. The van der Waals surface area contributed by atoms with E-state index in [-0.39, 0.29) is 50.4 Å². The maximum atomic E-state index is 12.1. The number of nitro benzene ring substituents is 1. The molecule has 1 aliphatic carbocycles. The molecule has 1 amide bonds. The van der Waals surface area contributed by atoms with E-state index in [1.165, 1.54) is 25.2 Å². The van der Waals surface area contributed by atoms with Crippen LogP contribution in [-0.2, 0) is 43.9 Å². The van der Waals surface area contributed by atoms with Crippen LogP contribution in [0.25, 0.3) is 5.32 Å². The molecule has 0 N–H and O–H groups in total. The molecule has 0 saturated heterocycles. The fourth-order valence-corrected chi connectivity index (χ4v) is 2.09. The van der Waals surface area contributed by atoms with Crippen LogP contribution in [-0.4, -0.2) is 23.7 Å². The SMILES string of the molecule is [CH2-]C1(C(=O)[N-]C)Cc2ccc([N+](=O)[O-])cc2C1=O.[Y]. The van der Waals surface area contributed by atoms with Gasteiger partial charge in [-0.25, -0.2) is 0 Å². The van der Waals surface area contributed by atoms with Crippen molar-refractivity contribution in [1.29, 1.82) is 0 Å². The van der Waals surface area contributed by atoms with Crippen LogP contribution in [0, 0.1) is 22.5 Å². The quantitative estimate of drug-likeness (QED) is 0.356. The molecule has 97 valence electrons. The Morgan fingerprint density at radius 2 is 2.16 bits per heavy atom. The van der Waals surface area contributed by atoms with Gasteiger partial charge in [-0.3, -0.25) is 14.9 Å². The van der Waals surface area contributed by atoms with Gasteiger partial charge in [0, 0.05) is 56.3 Å². The molecule has 1 aromatic rings. The molecule has 19 heavy (non-hydrogen) atoms. The molecule has 1 aliphatic rings. The van der Waals surface area contributed by atoms with E-state index in [2.05, 4.69) is 12.2 Å². The van der Waals surface area contributed by atoms with Gasteiger partial charge in [0.1, 0.15) is 5.78 Å². The molecule has 0 fully saturated rings. The molecule has 0 bridgehead atoms. The van der Waals surface area contributed by atoms with E-state index in [1.54, 1.807) is 0 Å². The third-order valence-corrected chi connectivity index (χ3v) is 3.09. The summed E-state index contributed by atoms with van der Waals surface area (Å²) >= 11 is 0. The monoisotopic (exact) mass is 335 g/mol. The van der Waals surface area contributed by atoms with Crippen LogP contribution in [0.4, 0.5) is 5.69 Å². The van der Waals surface area contributed by atoms with Crippen molar-refractivity contribution in [2.45, 2.75) is 6.42 Å². The van der Waals surface area contributed by atoms with Crippen LogP contribution in [0.15, 0.2) is 18.2 Å². The number of non-ortho nitro benzene ring substituents is 1. The topological polar surface area (TPSA) is 91.4 Å². The van der Waals surface area contributed by atoms with Gasteiger partial charge in [-0.1, -0.05) is 6.07 Å². The van der Waals surface area contributed by atoms with Gasteiger partial charge in [0.25, 0.3) is 5.69 Å². The average Bonchev–Trinajstić information content (AvgIpc) is 2.61. The van der Waals surface area contributed by atoms with E-state index in [1.807, 2.05) is 0 Å². The Morgan fingerprint density at radius 1 is 1.53 bits per heavy atom. The number of nitrogens with zero attached hydrogens (tertiary/aromatic N) is 2. The first kappa shape index (κ1) is 15.9. The van der Waals surface area contributed by atoms with Crippen molar-refractivity contribution in [3.63, 3.8) is 0 Å². The van der Waals surface area contributed by atoms with E-state index in [0.29, 0.717) is 5.56 Å². The summed E-state index contributed by atoms with van der Waals surface area (Å²) in [4.78, 5) is 33.8. The van der Waals surface area contributed by atoms with Crippen molar-refractivity contribution in [3.8, 4) is 0 Å². The third kappa shape index (κ3) is 2.47. The molecule has 1 unspecified atom stereocenters. The second kappa shape index (κ2) is 5.47. The first-order valence-corrected chi connectivity index (χ1v) is 5.22. The van der Waals surface area contributed by atoms with Crippen molar-refractivity contribution in [2.24, 2.45) is 5.41 Å². The Kier molecular flexibility index (Phi) is 4.58. The van der Waals surface area contributed by atoms with Crippen molar-refractivity contribution in [3.05, 3.63) is 51.7 Å². The van der Waals surface area contributed by atoms with Gasteiger partial charge in [-0.15, -0.1) is 7.05 Å². The number of carbonyl (C=O) groups is 2. The molecule has 1 radical (unpaired) electrons. The maximum absolute atomic E-state index is 12.1. The summed E-state index contributed by atoms with van der Waals surface area (Å²) in [6, 6.07) is 3.99. The molecule has 1 aromatic carbocycles. The molecule has 0 saturated carbocycles. The van der Waals surface area contributed by atoms with Crippen molar-refractivity contribution in [2.75, 3.05) is 7.05 Å². The summed E-state index contributed by atoms with van der Waals surface area (Å²) in [6.45, 7) is 3.65. The van der Waals surface area contributed by atoms with Gasteiger partial charge in [0.2, 0.25) is 0 Å². The number of rotatable bonds is 2. The number of hydrogen-bond acceptors (Lipinski definition) is 4. The van der Waals surface area contributed by atoms with Crippen LogP contribution in [0.5, 0.6) is 0 Å². The van der Waals surface area contributed by atoms with Gasteiger partial charge in [-0.2, -0.15) is 0 Å². The molecule has 0 aliphatic heterocycles. The summed E-state index contributed by atoms with van der Waals surface area (Å²) in [5.41, 5.74) is -0.854. The Labute approximate surface area is 135 Å². The first-order chi connectivity index (χ1) is 8.40. The zero-order chi connectivity index (χ0) is 13.5. The fraction of sp³-hybridized carbons (Fsp3) is 0.250. The molecule has 0 heterocycles. The Balaban J connectivity index is 0.00000180. The Bertz CT molecular complexity index is 573. The van der Waals surface area contributed by atoms with Gasteiger partial charge in [0.15, 0.2) is 0 Å². The standard InChI is InChI=1S/C12H11N2O4.Y/c1-12(11(16)13-2)6-7-3-4-8(14(17)18)5-9(7)10(12)15;/h3-5H,1,6H2,2H3,(H,13,16);/q-1;/p-1. The zero-order valence-corrected chi connectivity index (χ0v) is 13.1.